The summed E-state index contributed by atoms with van der Waals surface area (Å²) in [5.41, 5.74) is 0. The minimum absolute atomic E-state index is 0.0635. The number of rotatable bonds is 3. The highest BCUT2D eigenvalue weighted by molar-refractivity contribution is 7.80. The summed E-state index contributed by atoms with van der Waals surface area (Å²) in [7, 11) is 0. The van der Waals surface area contributed by atoms with Crippen molar-refractivity contribution in [3.63, 3.8) is 0 Å². The molecule has 9 heavy (non-hydrogen) atoms. The summed E-state index contributed by atoms with van der Waals surface area (Å²) < 4.78 is 0. The van der Waals surface area contributed by atoms with Crippen LogP contribution in [0.25, 0.3) is 0 Å². The van der Waals surface area contributed by atoms with E-state index in [0.717, 1.165) is 0 Å². The van der Waals surface area contributed by atoms with E-state index >= 15 is 0 Å². The van der Waals surface area contributed by atoms with Gasteiger partial charge in [0.15, 0.2) is 0 Å². The molecule has 0 fully saturated rings. The van der Waals surface area contributed by atoms with E-state index < -0.39 is 5.97 Å². The molecule has 0 rings (SSSR count). The van der Waals surface area contributed by atoms with E-state index in [1.54, 1.807) is 6.92 Å². The van der Waals surface area contributed by atoms with Crippen LogP contribution in [0.4, 0.5) is 0 Å². The van der Waals surface area contributed by atoms with Gasteiger partial charge in [0.25, 0.3) is 0 Å². The van der Waals surface area contributed by atoms with Crippen molar-refractivity contribution in [2.24, 2.45) is 0 Å². The zero-order valence-corrected chi connectivity index (χ0v) is 5.94. The fraction of sp³-hybridized carbons (Fsp3) is 0.600. The molecule has 1 N–H and O–H groups in total. The Morgan fingerprint density at radius 2 is 2.33 bits per heavy atom. The van der Waals surface area contributed by atoms with Gasteiger partial charge in [-0.1, -0.05) is 12.2 Å². The Kier molecular flexibility index (Phi) is 3.96. The smallest absolute Gasteiger partial charge is 0.305 e. The van der Waals surface area contributed by atoms with Crippen LogP contribution in [-0.4, -0.2) is 22.6 Å². The van der Waals surface area contributed by atoms with Crippen molar-refractivity contribution in [1.29, 1.82) is 0 Å². The Morgan fingerprint density at radius 1 is 1.78 bits per heavy atom. The summed E-state index contributed by atoms with van der Waals surface area (Å²) in [6.45, 7) is 1.96. The molecule has 1 radical (unpaired) electrons. The molecular weight excluding hydrogens is 138 g/mol. The van der Waals surface area contributed by atoms with E-state index in [-0.39, 0.29) is 6.42 Å². The summed E-state index contributed by atoms with van der Waals surface area (Å²) in [5, 5.41) is 11.8. The van der Waals surface area contributed by atoms with Crippen LogP contribution < -0.4 is 5.32 Å². The molecule has 0 bridgehead atoms. The van der Waals surface area contributed by atoms with Crippen molar-refractivity contribution in [2.45, 2.75) is 13.3 Å². The highest BCUT2D eigenvalue weighted by Gasteiger charge is 1.95. The predicted molar refractivity (Wildman–Crippen MR) is 37.5 cm³/mol. The van der Waals surface area contributed by atoms with Crippen LogP contribution in [0.3, 0.4) is 0 Å². The van der Waals surface area contributed by atoms with Crippen LogP contribution in [0.5, 0.6) is 0 Å². The van der Waals surface area contributed by atoms with Crippen molar-refractivity contribution < 1.29 is 9.90 Å². The molecule has 0 unspecified atom stereocenters. The average Bonchev–Trinajstić information content (AvgIpc) is 1.63. The molecule has 0 spiro atoms. The first-order valence-electron chi connectivity index (χ1n) is 2.53. The Hall–Kier alpha value is -0.640. The van der Waals surface area contributed by atoms with Crippen LogP contribution in [0.2, 0.25) is 0 Å². The maximum Gasteiger partial charge on any atom is 0.305 e. The summed E-state index contributed by atoms with van der Waals surface area (Å²) in [5.74, 6) is -0.838. The normalized spacial score (nSPS) is 8.56. The van der Waals surface area contributed by atoms with Gasteiger partial charge in [-0.15, -0.1) is 0 Å². The largest absolute Gasteiger partial charge is 0.481 e. The maximum atomic E-state index is 9.88. The van der Waals surface area contributed by atoms with Crippen LogP contribution >= 0.6 is 12.2 Å². The van der Waals surface area contributed by atoms with Crippen molar-refractivity contribution in [2.75, 3.05) is 6.54 Å². The molecule has 0 saturated heterocycles. The van der Waals surface area contributed by atoms with E-state index in [4.69, 9.17) is 5.11 Å². The molecule has 4 heteroatoms. The van der Waals surface area contributed by atoms with Crippen LogP contribution in [-0.2, 0) is 4.79 Å². The number of nitrogens with zero attached hydrogens (tertiary/aromatic N) is 1. The topological polar surface area (TPSA) is 51.4 Å². The average molecular weight is 146 g/mol. The third-order valence-electron chi connectivity index (χ3n) is 0.660. The quantitative estimate of drug-likeness (QED) is 0.587. The molecule has 0 aliphatic heterocycles. The molecule has 0 aliphatic carbocycles. The standard InChI is InChI=1S/C5H8NO2S/c1-4(9)6-3-2-5(7)8/h2-3H2,1H3,(H,7,8). The molecule has 0 amide bonds. The number of carbonyl (C=O) groups is 1. The summed E-state index contributed by atoms with van der Waals surface area (Å²) in [6.07, 6.45) is 0.0635. The predicted octanol–water partition coefficient (Wildman–Crippen LogP) is 0.413. The Labute approximate surface area is 59.1 Å². The van der Waals surface area contributed by atoms with Gasteiger partial charge >= 0.3 is 5.97 Å². The summed E-state index contributed by atoms with van der Waals surface area (Å²) >= 11 is 4.59. The summed E-state index contributed by atoms with van der Waals surface area (Å²) in [6, 6.07) is 0. The fourth-order valence-corrected chi connectivity index (χ4v) is 0.400. The molecule has 0 aliphatic rings. The van der Waals surface area contributed by atoms with Gasteiger partial charge in [-0.3, -0.25) is 10.1 Å². The number of hydrogen-bond acceptors (Lipinski definition) is 2. The number of carboxylic acid groups (broad SMARTS) is 1. The van der Waals surface area contributed by atoms with Gasteiger partial charge in [0.2, 0.25) is 0 Å². The molecule has 3 nitrogen and oxygen atoms in total. The van der Waals surface area contributed by atoms with Crippen LogP contribution in [0, 0.1) is 0 Å². The zero-order valence-electron chi connectivity index (χ0n) is 5.13. The van der Waals surface area contributed by atoms with Gasteiger partial charge in [0, 0.05) is 0 Å². The van der Waals surface area contributed by atoms with E-state index in [1.165, 1.54) is 0 Å². The van der Waals surface area contributed by atoms with E-state index in [2.05, 4.69) is 17.5 Å². The second-order valence-electron chi connectivity index (χ2n) is 1.54. The molecule has 0 aromatic carbocycles. The molecule has 0 aromatic heterocycles. The molecule has 0 heterocycles. The van der Waals surface area contributed by atoms with Crippen molar-refractivity contribution in [3.05, 3.63) is 0 Å². The van der Waals surface area contributed by atoms with Gasteiger partial charge in [-0.2, -0.15) is 0 Å². The monoisotopic (exact) mass is 146 g/mol. The third kappa shape index (κ3) is 7.36. The number of hydrogen-bond donors (Lipinski definition) is 1. The highest BCUT2D eigenvalue weighted by Crippen LogP contribution is 1.77. The Balaban J connectivity index is 3.10. The molecule has 0 aromatic rings. The Morgan fingerprint density at radius 3 is 2.67 bits per heavy atom. The van der Waals surface area contributed by atoms with Gasteiger partial charge in [-0.05, 0) is 6.92 Å². The lowest BCUT2D eigenvalue weighted by molar-refractivity contribution is -0.136. The van der Waals surface area contributed by atoms with Crippen molar-refractivity contribution in [3.8, 4) is 0 Å². The SMILES string of the molecule is CC(=S)[N]CCC(=O)O. The fourth-order valence-electron chi connectivity index (χ4n) is 0.309. The van der Waals surface area contributed by atoms with Crippen molar-refractivity contribution in [1.82, 2.24) is 5.32 Å². The van der Waals surface area contributed by atoms with Gasteiger partial charge in [0.1, 0.15) is 0 Å². The highest BCUT2D eigenvalue weighted by atomic mass is 32.1. The Bertz CT molecular complexity index is 110. The van der Waals surface area contributed by atoms with E-state index in [0.29, 0.717) is 11.5 Å². The van der Waals surface area contributed by atoms with Crippen LogP contribution in [0.1, 0.15) is 13.3 Å². The minimum atomic E-state index is -0.838. The number of aliphatic carboxylic acids is 1. The first-order chi connectivity index (χ1) is 4.13. The lowest BCUT2D eigenvalue weighted by Gasteiger charge is -1.94. The minimum Gasteiger partial charge on any atom is -0.481 e. The molecule has 0 atom stereocenters. The number of carboxylic acids is 1. The maximum absolute atomic E-state index is 9.88. The van der Waals surface area contributed by atoms with Crippen molar-refractivity contribution >= 4 is 23.2 Å². The zero-order chi connectivity index (χ0) is 7.28. The first kappa shape index (κ1) is 8.36. The van der Waals surface area contributed by atoms with Gasteiger partial charge in [0.05, 0.1) is 18.0 Å². The lowest BCUT2D eigenvalue weighted by Crippen LogP contribution is -2.13. The van der Waals surface area contributed by atoms with Gasteiger partial charge in [-0.25, -0.2) is 0 Å². The van der Waals surface area contributed by atoms with E-state index in [1.807, 2.05) is 0 Å². The lowest BCUT2D eigenvalue weighted by atomic mass is 10.4. The molecular formula is C5H8NO2S. The molecule has 0 saturated carbocycles. The van der Waals surface area contributed by atoms with E-state index in [9.17, 15) is 4.79 Å². The third-order valence-corrected chi connectivity index (χ3v) is 0.789. The number of thiocarbonyl (C=S) groups is 1. The second kappa shape index (κ2) is 4.26. The first-order valence-corrected chi connectivity index (χ1v) is 2.93. The molecule has 51 valence electrons. The van der Waals surface area contributed by atoms with Gasteiger partial charge < -0.3 is 5.11 Å². The summed E-state index contributed by atoms with van der Waals surface area (Å²) in [4.78, 5) is 10.4. The van der Waals surface area contributed by atoms with Crippen LogP contribution in [0.15, 0.2) is 0 Å². The second-order valence-corrected chi connectivity index (χ2v) is 2.14.